The Morgan fingerprint density at radius 1 is 0.476 bits per heavy atom. The third-order valence-corrected chi connectivity index (χ3v) is 12.3. The molecule has 10 nitrogen and oxygen atoms in total. The summed E-state index contributed by atoms with van der Waals surface area (Å²) < 4.78 is 22.2. The van der Waals surface area contributed by atoms with Crippen molar-refractivity contribution in [2.24, 2.45) is 0 Å². The molecule has 1 fully saturated rings. The minimum Gasteiger partial charge on any atom is -0.462 e. The van der Waals surface area contributed by atoms with Gasteiger partial charge in [0, 0.05) is 12.8 Å². The first-order chi connectivity index (χ1) is 30.8. The number of aliphatic hydroxyl groups excluding tert-OH is 4. The number of allylic oxidation sites excluding steroid dienone is 4. The zero-order chi connectivity index (χ0) is 45.9. The molecule has 370 valence electrons. The Hall–Kier alpha value is -1.82. The highest BCUT2D eigenvalue weighted by Crippen LogP contribution is 2.23. The van der Waals surface area contributed by atoms with Crippen LogP contribution in [0.5, 0.6) is 0 Å². The van der Waals surface area contributed by atoms with Gasteiger partial charge in [0.1, 0.15) is 31.0 Å². The lowest BCUT2D eigenvalue weighted by molar-refractivity contribution is -0.305. The van der Waals surface area contributed by atoms with Crippen LogP contribution in [0.2, 0.25) is 0 Å². The van der Waals surface area contributed by atoms with Gasteiger partial charge in [-0.05, 0) is 57.8 Å². The molecule has 0 radical (unpaired) electrons. The molecule has 0 saturated carbocycles. The summed E-state index contributed by atoms with van der Waals surface area (Å²) in [6.07, 6.45) is 43.4. The van der Waals surface area contributed by atoms with E-state index >= 15 is 0 Å². The highest BCUT2D eigenvalue weighted by atomic mass is 16.7. The van der Waals surface area contributed by atoms with Crippen molar-refractivity contribution in [2.75, 3.05) is 19.8 Å². The van der Waals surface area contributed by atoms with Gasteiger partial charge in [-0.1, -0.05) is 199 Å². The topological polar surface area (TPSA) is 152 Å². The van der Waals surface area contributed by atoms with E-state index in [4.69, 9.17) is 18.9 Å². The molecule has 0 aromatic rings. The van der Waals surface area contributed by atoms with Crippen LogP contribution in [0.25, 0.3) is 0 Å². The lowest BCUT2D eigenvalue weighted by atomic mass is 9.99. The second-order valence-electron chi connectivity index (χ2n) is 18.3. The summed E-state index contributed by atoms with van der Waals surface area (Å²) in [5.41, 5.74) is 0. The van der Waals surface area contributed by atoms with Crippen LogP contribution >= 0.6 is 0 Å². The molecule has 1 heterocycles. The summed E-state index contributed by atoms with van der Waals surface area (Å²) in [5.74, 6) is -0.839. The van der Waals surface area contributed by atoms with Crippen LogP contribution in [0.1, 0.15) is 245 Å². The van der Waals surface area contributed by atoms with Gasteiger partial charge >= 0.3 is 11.9 Å². The van der Waals surface area contributed by atoms with Crippen LogP contribution in [0.15, 0.2) is 24.3 Å². The van der Waals surface area contributed by atoms with Crippen LogP contribution in [-0.4, -0.2) is 89.0 Å². The fourth-order valence-electron chi connectivity index (χ4n) is 8.13. The van der Waals surface area contributed by atoms with E-state index in [0.29, 0.717) is 12.8 Å². The van der Waals surface area contributed by atoms with Crippen molar-refractivity contribution in [1.82, 2.24) is 0 Å². The molecule has 0 spiro atoms. The smallest absolute Gasteiger partial charge is 0.306 e. The van der Waals surface area contributed by atoms with Crippen molar-refractivity contribution >= 4 is 11.9 Å². The molecule has 10 heteroatoms. The van der Waals surface area contributed by atoms with E-state index in [2.05, 4.69) is 38.2 Å². The average Bonchev–Trinajstić information content (AvgIpc) is 3.28. The Kier molecular flexibility index (Phi) is 41.4. The molecule has 0 aliphatic carbocycles. The maximum absolute atomic E-state index is 12.8. The zero-order valence-corrected chi connectivity index (χ0v) is 40.6. The fraction of sp³-hybridized carbons (Fsp3) is 0.887. The van der Waals surface area contributed by atoms with Crippen molar-refractivity contribution in [1.29, 1.82) is 0 Å². The third-order valence-electron chi connectivity index (χ3n) is 12.3. The molecule has 4 N–H and O–H groups in total. The minimum absolute atomic E-state index is 0.222. The number of aliphatic hydroxyl groups is 4. The predicted octanol–water partition coefficient (Wildman–Crippen LogP) is 12.5. The van der Waals surface area contributed by atoms with Gasteiger partial charge in [0.05, 0.1) is 13.2 Å². The Labute approximate surface area is 385 Å². The quantitative estimate of drug-likeness (QED) is 0.0264. The monoisotopic (exact) mass is 895 g/mol. The summed E-state index contributed by atoms with van der Waals surface area (Å²) in [6, 6.07) is 0. The first kappa shape index (κ1) is 59.2. The first-order valence-electron chi connectivity index (χ1n) is 26.4. The molecule has 0 amide bonds. The molecule has 0 aromatic heterocycles. The Bertz CT molecular complexity index is 1080. The van der Waals surface area contributed by atoms with Crippen molar-refractivity contribution in [3.05, 3.63) is 24.3 Å². The van der Waals surface area contributed by atoms with Gasteiger partial charge in [0.15, 0.2) is 12.4 Å². The predicted molar refractivity (Wildman–Crippen MR) is 256 cm³/mol. The van der Waals surface area contributed by atoms with E-state index in [9.17, 15) is 30.0 Å². The van der Waals surface area contributed by atoms with Crippen LogP contribution in [0.3, 0.4) is 0 Å². The molecular formula is C53H98O10. The largest absolute Gasteiger partial charge is 0.462 e. The lowest BCUT2D eigenvalue weighted by Gasteiger charge is -2.39. The normalized spacial score (nSPS) is 19.6. The number of rotatable bonds is 45. The number of carbonyl (C=O) groups excluding carboxylic acids is 2. The second-order valence-corrected chi connectivity index (χ2v) is 18.3. The summed E-state index contributed by atoms with van der Waals surface area (Å²) >= 11 is 0. The summed E-state index contributed by atoms with van der Waals surface area (Å²) in [4.78, 5) is 25.4. The summed E-state index contributed by atoms with van der Waals surface area (Å²) in [7, 11) is 0. The van der Waals surface area contributed by atoms with Crippen molar-refractivity contribution in [3.8, 4) is 0 Å². The van der Waals surface area contributed by atoms with Gasteiger partial charge in [-0.25, -0.2) is 0 Å². The number of esters is 2. The molecule has 2 unspecified atom stereocenters. The number of ether oxygens (including phenoxy) is 4. The zero-order valence-electron chi connectivity index (χ0n) is 40.6. The molecule has 1 aliphatic heterocycles. The number of unbranched alkanes of at least 4 members (excludes halogenated alkanes) is 30. The molecule has 0 aromatic carbocycles. The van der Waals surface area contributed by atoms with Gasteiger partial charge < -0.3 is 39.4 Å². The van der Waals surface area contributed by atoms with E-state index in [-0.39, 0.29) is 26.1 Å². The van der Waals surface area contributed by atoms with Gasteiger partial charge in [-0.2, -0.15) is 0 Å². The highest BCUT2D eigenvalue weighted by Gasteiger charge is 2.44. The van der Waals surface area contributed by atoms with E-state index in [0.717, 1.165) is 38.5 Å². The Morgan fingerprint density at radius 2 is 0.857 bits per heavy atom. The first-order valence-corrected chi connectivity index (χ1v) is 26.4. The van der Waals surface area contributed by atoms with Crippen LogP contribution in [0, 0.1) is 0 Å². The SMILES string of the molecule is CCCCCC/C=C/CCCCCCCCCC(=O)O[C@@H](COC(=O)CCC/C=C/CCCCCCCCCCCCCCCCCCCC)CO[C@H]1O[C@@H](CO)[C@@H](O)C(O)C1O. The number of carbonyl (C=O) groups is 2. The molecule has 63 heavy (non-hydrogen) atoms. The number of hydrogen-bond acceptors (Lipinski definition) is 10. The third kappa shape index (κ3) is 35.1. The second kappa shape index (κ2) is 44.0. The lowest BCUT2D eigenvalue weighted by Crippen LogP contribution is -2.59. The van der Waals surface area contributed by atoms with Crippen molar-refractivity contribution in [2.45, 2.75) is 282 Å². The molecule has 1 rings (SSSR count). The Morgan fingerprint density at radius 3 is 1.30 bits per heavy atom. The molecule has 1 aliphatic rings. The van der Waals surface area contributed by atoms with E-state index < -0.39 is 55.4 Å². The highest BCUT2D eigenvalue weighted by molar-refractivity contribution is 5.70. The molecule has 0 bridgehead atoms. The van der Waals surface area contributed by atoms with E-state index in [1.54, 1.807) is 0 Å². The molecule has 1 saturated heterocycles. The van der Waals surface area contributed by atoms with Crippen molar-refractivity contribution in [3.63, 3.8) is 0 Å². The van der Waals surface area contributed by atoms with E-state index in [1.807, 2.05) is 0 Å². The van der Waals surface area contributed by atoms with Crippen LogP contribution < -0.4 is 0 Å². The van der Waals surface area contributed by atoms with Gasteiger partial charge in [0.25, 0.3) is 0 Å². The van der Waals surface area contributed by atoms with Gasteiger partial charge in [-0.3, -0.25) is 9.59 Å². The molecular weight excluding hydrogens is 797 g/mol. The van der Waals surface area contributed by atoms with Crippen LogP contribution in [-0.2, 0) is 28.5 Å². The standard InChI is InChI=1S/C53H98O10/c1-3-5-7-9-11-13-15-17-19-20-21-22-23-24-25-26-28-29-31-33-35-37-39-41-48(55)60-44-46(45-61-53-52(59)51(58)50(57)47(43-54)63-53)62-49(56)42-40-38-36-34-32-30-27-18-16-14-12-10-8-6-4-2/h14,16,33,35,46-47,50-54,57-59H,3-13,15,17-32,34,36-45H2,1-2H3/b16-14+,35-33+/t46-,47-,50+,51?,52?,53-/m0/s1. The van der Waals surface area contributed by atoms with Gasteiger partial charge in [0.2, 0.25) is 0 Å². The summed E-state index contributed by atoms with van der Waals surface area (Å²) in [5, 5.41) is 40.2. The fourth-order valence-corrected chi connectivity index (χ4v) is 8.13. The maximum atomic E-state index is 12.8. The average molecular weight is 895 g/mol. The van der Waals surface area contributed by atoms with Gasteiger partial charge in [-0.15, -0.1) is 0 Å². The minimum atomic E-state index is -1.60. The molecule has 6 atom stereocenters. The Balaban J connectivity index is 2.23. The van der Waals surface area contributed by atoms with E-state index in [1.165, 1.54) is 167 Å². The van der Waals surface area contributed by atoms with Crippen molar-refractivity contribution < 1.29 is 49.0 Å². The summed E-state index contributed by atoms with van der Waals surface area (Å²) in [6.45, 7) is 3.42. The maximum Gasteiger partial charge on any atom is 0.306 e. The number of hydrogen-bond donors (Lipinski definition) is 4. The van der Waals surface area contributed by atoms with Crippen LogP contribution in [0.4, 0.5) is 0 Å².